The largest absolute Gasteiger partial charge is 0.310 e. The van der Waals surface area contributed by atoms with E-state index in [0.29, 0.717) is 5.82 Å². The zero-order valence-electron chi connectivity index (χ0n) is 13.3. The molecule has 2 rings (SSSR count). The first-order chi connectivity index (χ1) is 10.8. The van der Waals surface area contributed by atoms with E-state index in [-0.39, 0.29) is 11.4 Å². The number of aryl methyl sites for hydroxylation is 2. The fraction of sp³-hybridized carbons (Fsp3) is 0.250. The van der Waals surface area contributed by atoms with E-state index in [1.165, 1.54) is 13.1 Å². The van der Waals surface area contributed by atoms with Crippen molar-refractivity contribution in [2.24, 2.45) is 0 Å². The van der Waals surface area contributed by atoms with Gasteiger partial charge in [0.2, 0.25) is 15.9 Å². The van der Waals surface area contributed by atoms with Crippen molar-refractivity contribution in [1.29, 1.82) is 0 Å². The standard InChI is InChI=1S/C16H19N3O3S/c1-12-6-4-8-14(10-12)23(21,22)19(3)11-16(20)18-15-9-5-7-13(2)17-15/h4-10H,11H2,1-3H3,(H,17,18,20). The summed E-state index contributed by atoms with van der Waals surface area (Å²) in [5.41, 5.74) is 1.61. The predicted molar refractivity (Wildman–Crippen MR) is 88.6 cm³/mol. The number of nitrogens with zero attached hydrogens (tertiary/aromatic N) is 2. The van der Waals surface area contributed by atoms with Crippen LogP contribution >= 0.6 is 0 Å². The minimum absolute atomic E-state index is 0.168. The molecule has 122 valence electrons. The summed E-state index contributed by atoms with van der Waals surface area (Å²) >= 11 is 0. The van der Waals surface area contributed by atoms with Crippen molar-refractivity contribution >= 4 is 21.7 Å². The molecule has 1 heterocycles. The molecule has 2 aromatic rings. The van der Waals surface area contributed by atoms with Gasteiger partial charge in [-0.05, 0) is 43.7 Å². The average Bonchev–Trinajstić information content (AvgIpc) is 2.47. The van der Waals surface area contributed by atoms with Gasteiger partial charge in [-0.25, -0.2) is 13.4 Å². The van der Waals surface area contributed by atoms with E-state index < -0.39 is 15.9 Å². The van der Waals surface area contributed by atoms with Gasteiger partial charge in [-0.3, -0.25) is 4.79 Å². The number of carbonyl (C=O) groups is 1. The molecule has 23 heavy (non-hydrogen) atoms. The zero-order chi connectivity index (χ0) is 17.0. The van der Waals surface area contributed by atoms with E-state index in [1.54, 1.807) is 24.3 Å². The van der Waals surface area contributed by atoms with Crippen LogP contribution in [0.3, 0.4) is 0 Å². The third kappa shape index (κ3) is 4.37. The number of hydrogen-bond donors (Lipinski definition) is 1. The monoisotopic (exact) mass is 333 g/mol. The topological polar surface area (TPSA) is 79.4 Å². The zero-order valence-corrected chi connectivity index (χ0v) is 14.1. The van der Waals surface area contributed by atoms with E-state index in [0.717, 1.165) is 15.6 Å². The smallest absolute Gasteiger partial charge is 0.243 e. The lowest BCUT2D eigenvalue weighted by atomic mass is 10.2. The Hall–Kier alpha value is -2.25. The van der Waals surface area contributed by atoms with Gasteiger partial charge >= 0.3 is 0 Å². The molecule has 1 aromatic heterocycles. The highest BCUT2D eigenvalue weighted by Crippen LogP contribution is 2.15. The summed E-state index contributed by atoms with van der Waals surface area (Å²) in [4.78, 5) is 16.3. The molecule has 1 aromatic carbocycles. The molecule has 0 bridgehead atoms. The molecule has 0 unspecified atom stereocenters. The molecule has 1 amide bonds. The number of hydrogen-bond acceptors (Lipinski definition) is 4. The van der Waals surface area contributed by atoms with Gasteiger partial charge < -0.3 is 5.32 Å². The molecule has 0 aliphatic heterocycles. The first-order valence-electron chi connectivity index (χ1n) is 7.05. The lowest BCUT2D eigenvalue weighted by Gasteiger charge is -2.17. The fourth-order valence-corrected chi connectivity index (χ4v) is 3.27. The van der Waals surface area contributed by atoms with E-state index in [9.17, 15) is 13.2 Å². The number of amides is 1. The number of benzene rings is 1. The van der Waals surface area contributed by atoms with Crippen molar-refractivity contribution < 1.29 is 13.2 Å². The summed E-state index contributed by atoms with van der Waals surface area (Å²) in [5.74, 6) is -0.0434. The Balaban J connectivity index is 2.08. The fourth-order valence-electron chi connectivity index (χ4n) is 2.04. The van der Waals surface area contributed by atoms with Gasteiger partial charge in [-0.2, -0.15) is 4.31 Å². The van der Waals surface area contributed by atoms with Crippen LogP contribution in [0, 0.1) is 13.8 Å². The summed E-state index contributed by atoms with van der Waals surface area (Å²) in [6, 6.07) is 11.8. The van der Waals surface area contributed by atoms with Crippen molar-refractivity contribution in [1.82, 2.24) is 9.29 Å². The summed E-state index contributed by atoms with van der Waals surface area (Å²) in [7, 11) is -2.33. The van der Waals surface area contributed by atoms with Crippen molar-refractivity contribution in [2.45, 2.75) is 18.7 Å². The normalized spacial score (nSPS) is 11.5. The molecule has 0 saturated heterocycles. The lowest BCUT2D eigenvalue weighted by molar-refractivity contribution is -0.116. The highest BCUT2D eigenvalue weighted by atomic mass is 32.2. The third-order valence-electron chi connectivity index (χ3n) is 3.22. The molecular formula is C16H19N3O3S. The number of anilines is 1. The lowest BCUT2D eigenvalue weighted by Crippen LogP contribution is -2.35. The third-order valence-corrected chi connectivity index (χ3v) is 5.02. The minimum atomic E-state index is -3.70. The van der Waals surface area contributed by atoms with Gasteiger partial charge in [0.15, 0.2) is 0 Å². The van der Waals surface area contributed by atoms with Crippen molar-refractivity contribution in [3.63, 3.8) is 0 Å². The van der Waals surface area contributed by atoms with Gasteiger partial charge in [-0.1, -0.05) is 18.2 Å². The van der Waals surface area contributed by atoms with Gasteiger partial charge in [0, 0.05) is 12.7 Å². The molecular weight excluding hydrogens is 314 g/mol. The van der Waals surface area contributed by atoms with Crippen LogP contribution in [0.1, 0.15) is 11.3 Å². The highest BCUT2D eigenvalue weighted by molar-refractivity contribution is 7.89. The van der Waals surface area contributed by atoms with E-state index in [4.69, 9.17) is 0 Å². The van der Waals surface area contributed by atoms with Gasteiger partial charge in [-0.15, -0.1) is 0 Å². The number of likely N-dealkylation sites (N-methyl/N-ethyl adjacent to an activating group) is 1. The Bertz CT molecular complexity index is 819. The first-order valence-corrected chi connectivity index (χ1v) is 8.49. The van der Waals surface area contributed by atoms with Crippen LogP contribution in [0.5, 0.6) is 0 Å². The quantitative estimate of drug-likeness (QED) is 0.907. The van der Waals surface area contributed by atoms with Crippen molar-refractivity contribution in [2.75, 3.05) is 18.9 Å². The number of pyridine rings is 1. The molecule has 0 saturated carbocycles. The number of rotatable bonds is 5. The van der Waals surface area contributed by atoms with E-state index in [2.05, 4.69) is 10.3 Å². The molecule has 0 aliphatic rings. The molecule has 0 fully saturated rings. The Morgan fingerprint density at radius 3 is 2.52 bits per heavy atom. The minimum Gasteiger partial charge on any atom is -0.310 e. The van der Waals surface area contributed by atoms with Crippen molar-refractivity contribution in [3.8, 4) is 0 Å². The maximum atomic E-state index is 12.5. The Labute approximate surface area is 136 Å². The molecule has 0 atom stereocenters. The van der Waals surface area contributed by atoms with Crippen LogP contribution < -0.4 is 5.32 Å². The number of carbonyl (C=O) groups excluding carboxylic acids is 1. The van der Waals surface area contributed by atoms with Crippen LogP contribution in [0.4, 0.5) is 5.82 Å². The van der Waals surface area contributed by atoms with Gasteiger partial charge in [0.1, 0.15) is 5.82 Å². The Morgan fingerprint density at radius 2 is 1.87 bits per heavy atom. The SMILES string of the molecule is Cc1cccc(S(=O)(=O)N(C)CC(=O)Nc2cccc(C)n2)c1. The van der Waals surface area contributed by atoms with Crippen LogP contribution in [0.15, 0.2) is 47.4 Å². The predicted octanol–water partition coefficient (Wildman–Crippen LogP) is 1.96. The number of nitrogens with one attached hydrogen (secondary N) is 1. The van der Waals surface area contributed by atoms with E-state index >= 15 is 0 Å². The maximum Gasteiger partial charge on any atom is 0.243 e. The number of sulfonamides is 1. The molecule has 6 nitrogen and oxygen atoms in total. The Kier molecular flexibility index (Phi) is 5.12. The summed E-state index contributed by atoms with van der Waals surface area (Å²) < 4.78 is 25.9. The van der Waals surface area contributed by atoms with E-state index in [1.807, 2.05) is 26.0 Å². The summed E-state index contributed by atoms with van der Waals surface area (Å²) in [5, 5.41) is 2.59. The molecule has 1 N–H and O–H groups in total. The average molecular weight is 333 g/mol. The maximum absolute atomic E-state index is 12.5. The number of aromatic nitrogens is 1. The Morgan fingerprint density at radius 1 is 1.17 bits per heavy atom. The van der Waals surface area contributed by atoms with Crippen LogP contribution in [-0.4, -0.2) is 37.2 Å². The second kappa shape index (κ2) is 6.89. The molecule has 0 spiro atoms. The second-order valence-electron chi connectivity index (χ2n) is 5.29. The highest BCUT2D eigenvalue weighted by Gasteiger charge is 2.23. The van der Waals surface area contributed by atoms with Gasteiger partial charge in [0.25, 0.3) is 0 Å². The van der Waals surface area contributed by atoms with Crippen LogP contribution in [0.25, 0.3) is 0 Å². The molecule has 7 heteroatoms. The van der Waals surface area contributed by atoms with Gasteiger partial charge in [0.05, 0.1) is 11.4 Å². The molecule has 0 aliphatic carbocycles. The first kappa shape index (κ1) is 17.1. The molecule has 0 radical (unpaired) electrons. The summed E-state index contributed by atoms with van der Waals surface area (Å²) in [6.45, 7) is 3.34. The van der Waals surface area contributed by atoms with Crippen LogP contribution in [0.2, 0.25) is 0 Å². The summed E-state index contributed by atoms with van der Waals surface area (Å²) in [6.07, 6.45) is 0. The van der Waals surface area contributed by atoms with Crippen LogP contribution in [-0.2, 0) is 14.8 Å². The second-order valence-corrected chi connectivity index (χ2v) is 7.33. The van der Waals surface area contributed by atoms with Crippen molar-refractivity contribution in [3.05, 3.63) is 53.7 Å².